The SMILES string of the molecule is CCOC(=O)C1CC(NC(=O)C2CC2)CN1C(=O)OC(C)(C)C. The third-order valence-corrected chi connectivity index (χ3v) is 3.78. The predicted molar refractivity (Wildman–Crippen MR) is 82.6 cm³/mol. The summed E-state index contributed by atoms with van der Waals surface area (Å²) in [7, 11) is 0. The van der Waals surface area contributed by atoms with Crippen molar-refractivity contribution >= 4 is 18.0 Å². The molecule has 7 heteroatoms. The van der Waals surface area contributed by atoms with Crippen LogP contribution in [0.5, 0.6) is 0 Å². The van der Waals surface area contributed by atoms with E-state index in [0.29, 0.717) is 6.42 Å². The number of nitrogens with one attached hydrogen (secondary N) is 1. The van der Waals surface area contributed by atoms with Crippen LogP contribution in [0.1, 0.15) is 47.0 Å². The molecule has 2 rings (SSSR count). The van der Waals surface area contributed by atoms with E-state index in [-0.39, 0.29) is 31.0 Å². The van der Waals surface area contributed by atoms with Crippen molar-refractivity contribution in [2.75, 3.05) is 13.2 Å². The molecule has 2 fully saturated rings. The lowest BCUT2D eigenvalue weighted by atomic mass is 10.1. The quantitative estimate of drug-likeness (QED) is 0.791. The van der Waals surface area contributed by atoms with Crippen LogP contribution in [0.25, 0.3) is 0 Å². The minimum Gasteiger partial charge on any atom is -0.464 e. The molecule has 0 bridgehead atoms. The highest BCUT2D eigenvalue weighted by molar-refractivity contribution is 5.84. The van der Waals surface area contributed by atoms with Crippen molar-refractivity contribution in [2.24, 2.45) is 5.92 Å². The second kappa shape index (κ2) is 6.76. The van der Waals surface area contributed by atoms with Crippen LogP contribution in [-0.4, -0.2) is 53.7 Å². The number of esters is 1. The van der Waals surface area contributed by atoms with E-state index >= 15 is 0 Å². The monoisotopic (exact) mass is 326 g/mol. The van der Waals surface area contributed by atoms with E-state index in [1.165, 1.54) is 4.90 Å². The van der Waals surface area contributed by atoms with E-state index in [2.05, 4.69) is 5.32 Å². The van der Waals surface area contributed by atoms with Gasteiger partial charge in [0.05, 0.1) is 6.61 Å². The van der Waals surface area contributed by atoms with Gasteiger partial charge in [0.2, 0.25) is 5.91 Å². The first kappa shape index (κ1) is 17.6. The number of hydrogen-bond acceptors (Lipinski definition) is 5. The summed E-state index contributed by atoms with van der Waals surface area (Å²) >= 11 is 0. The summed E-state index contributed by atoms with van der Waals surface area (Å²) in [5.41, 5.74) is -0.647. The first-order chi connectivity index (χ1) is 10.7. The Labute approximate surface area is 136 Å². The van der Waals surface area contributed by atoms with Gasteiger partial charge in [0.1, 0.15) is 11.6 Å². The van der Waals surface area contributed by atoms with Crippen molar-refractivity contribution in [1.29, 1.82) is 0 Å². The van der Waals surface area contributed by atoms with Crippen LogP contribution in [0.15, 0.2) is 0 Å². The highest BCUT2D eigenvalue weighted by atomic mass is 16.6. The normalized spacial score (nSPS) is 24.3. The van der Waals surface area contributed by atoms with Crippen molar-refractivity contribution in [3.8, 4) is 0 Å². The van der Waals surface area contributed by atoms with E-state index in [4.69, 9.17) is 9.47 Å². The van der Waals surface area contributed by atoms with Crippen LogP contribution in [0.2, 0.25) is 0 Å². The summed E-state index contributed by atoms with van der Waals surface area (Å²) in [6.07, 6.45) is 1.63. The zero-order valence-electron chi connectivity index (χ0n) is 14.3. The Balaban J connectivity index is 2.03. The van der Waals surface area contributed by atoms with E-state index in [1.54, 1.807) is 27.7 Å². The van der Waals surface area contributed by atoms with Gasteiger partial charge in [-0.3, -0.25) is 9.69 Å². The fraction of sp³-hybridized carbons (Fsp3) is 0.812. The van der Waals surface area contributed by atoms with Crippen molar-refractivity contribution in [3.05, 3.63) is 0 Å². The molecule has 1 N–H and O–H groups in total. The van der Waals surface area contributed by atoms with E-state index in [0.717, 1.165) is 12.8 Å². The Morgan fingerprint density at radius 1 is 1.22 bits per heavy atom. The standard InChI is InChI=1S/C16H26N2O5/c1-5-22-14(20)12-8-11(17-13(19)10-6-7-10)9-18(12)15(21)23-16(2,3)4/h10-12H,5-9H2,1-4H3,(H,17,19). The Bertz CT molecular complexity index is 481. The third-order valence-electron chi connectivity index (χ3n) is 3.78. The molecule has 1 heterocycles. The summed E-state index contributed by atoms with van der Waals surface area (Å²) < 4.78 is 10.4. The van der Waals surface area contributed by atoms with Gasteiger partial charge in [-0.05, 0) is 40.5 Å². The molecule has 2 amide bonds. The van der Waals surface area contributed by atoms with Gasteiger partial charge in [-0.15, -0.1) is 0 Å². The lowest BCUT2D eigenvalue weighted by Crippen LogP contribution is -2.44. The zero-order chi connectivity index (χ0) is 17.2. The van der Waals surface area contributed by atoms with Crippen molar-refractivity contribution < 1.29 is 23.9 Å². The smallest absolute Gasteiger partial charge is 0.411 e. The van der Waals surface area contributed by atoms with Gasteiger partial charge in [-0.25, -0.2) is 9.59 Å². The fourth-order valence-corrected chi connectivity index (χ4v) is 2.59. The molecule has 23 heavy (non-hydrogen) atoms. The van der Waals surface area contributed by atoms with Gasteiger partial charge in [0.15, 0.2) is 0 Å². The Morgan fingerprint density at radius 2 is 1.87 bits per heavy atom. The first-order valence-electron chi connectivity index (χ1n) is 8.18. The number of amides is 2. The highest BCUT2D eigenvalue weighted by Crippen LogP contribution is 2.30. The van der Waals surface area contributed by atoms with Crippen LogP contribution >= 0.6 is 0 Å². The molecule has 0 aromatic heterocycles. The van der Waals surface area contributed by atoms with Crippen LogP contribution in [0.4, 0.5) is 4.79 Å². The molecular formula is C16H26N2O5. The molecule has 1 saturated carbocycles. The number of carbonyl (C=O) groups excluding carboxylic acids is 3. The maximum atomic E-state index is 12.3. The second-order valence-electron chi connectivity index (χ2n) is 7.12. The van der Waals surface area contributed by atoms with Crippen molar-refractivity contribution in [1.82, 2.24) is 10.2 Å². The van der Waals surface area contributed by atoms with Gasteiger partial charge in [-0.1, -0.05) is 0 Å². The maximum absolute atomic E-state index is 12.3. The van der Waals surface area contributed by atoms with Crippen LogP contribution < -0.4 is 5.32 Å². The van der Waals surface area contributed by atoms with Gasteiger partial charge >= 0.3 is 12.1 Å². The number of likely N-dealkylation sites (tertiary alicyclic amines) is 1. The molecule has 0 aromatic carbocycles. The molecule has 0 aromatic rings. The average Bonchev–Trinajstić information content (AvgIpc) is 3.18. The molecule has 2 unspecified atom stereocenters. The number of ether oxygens (including phenoxy) is 2. The lowest BCUT2D eigenvalue weighted by molar-refractivity contribution is -0.148. The topological polar surface area (TPSA) is 84.9 Å². The predicted octanol–water partition coefficient (Wildman–Crippen LogP) is 1.45. The van der Waals surface area contributed by atoms with E-state index in [9.17, 15) is 14.4 Å². The summed E-state index contributed by atoms with van der Waals surface area (Å²) in [6, 6.07) is -0.959. The minimum absolute atomic E-state index is 0.00338. The van der Waals surface area contributed by atoms with Crippen molar-refractivity contribution in [2.45, 2.75) is 64.6 Å². The Hall–Kier alpha value is -1.79. The van der Waals surface area contributed by atoms with Gasteiger partial charge < -0.3 is 14.8 Å². The summed E-state index contributed by atoms with van der Waals surface area (Å²) in [6.45, 7) is 7.54. The van der Waals surface area contributed by atoms with Crippen LogP contribution in [0, 0.1) is 5.92 Å². The molecule has 1 saturated heterocycles. The Morgan fingerprint density at radius 3 is 2.39 bits per heavy atom. The second-order valence-corrected chi connectivity index (χ2v) is 7.12. The van der Waals surface area contributed by atoms with Crippen molar-refractivity contribution in [3.63, 3.8) is 0 Å². The number of nitrogens with zero attached hydrogens (tertiary/aromatic N) is 1. The largest absolute Gasteiger partial charge is 0.464 e. The average molecular weight is 326 g/mol. The number of rotatable bonds is 4. The number of carbonyl (C=O) groups is 3. The zero-order valence-corrected chi connectivity index (χ0v) is 14.3. The van der Waals surface area contributed by atoms with Gasteiger partial charge in [-0.2, -0.15) is 0 Å². The molecule has 0 radical (unpaired) electrons. The Kier molecular flexibility index (Phi) is 5.16. The minimum atomic E-state index is -0.714. The van der Waals surface area contributed by atoms with Gasteiger partial charge in [0.25, 0.3) is 0 Å². The molecule has 7 nitrogen and oxygen atoms in total. The fourth-order valence-electron chi connectivity index (χ4n) is 2.59. The molecule has 2 aliphatic rings. The molecule has 0 spiro atoms. The highest BCUT2D eigenvalue weighted by Gasteiger charge is 2.43. The van der Waals surface area contributed by atoms with Crippen LogP contribution in [0.3, 0.4) is 0 Å². The molecular weight excluding hydrogens is 300 g/mol. The summed E-state index contributed by atoms with van der Waals surface area (Å²) in [5, 5.41) is 2.92. The first-order valence-corrected chi connectivity index (χ1v) is 8.18. The maximum Gasteiger partial charge on any atom is 0.411 e. The number of hydrogen-bond donors (Lipinski definition) is 1. The molecule has 2 atom stereocenters. The molecule has 1 aliphatic carbocycles. The third kappa shape index (κ3) is 4.84. The van der Waals surface area contributed by atoms with E-state index in [1.807, 2.05) is 0 Å². The van der Waals surface area contributed by atoms with Gasteiger partial charge in [0, 0.05) is 24.9 Å². The lowest BCUT2D eigenvalue weighted by Gasteiger charge is -2.27. The summed E-state index contributed by atoms with van der Waals surface area (Å²) in [4.78, 5) is 37.7. The van der Waals surface area contributed by atoms with Crippen LogP contribution in [-0.2, 0) is 19.1 Å². The molecule has 1 aliphatic heterocycles. The summed E-state index contributed by atoms with van der Waals surface area (Å²) in [5.74, 6) is -0.364. The van der Waals surface area contributed by atoms with E-state index < -0.39 is 23.7 Å². The molecule has 130 valence electrons.